The van der Waals surface area contributed by atoms with E-state index in [4.69, 9.17) is 5.11 Å². The van der Waals surface area contributed by atoms with Crippen molar-refractivity contribution in [3.63, 3.8) is 0 Å². The second-order valence-electron chi connectivity index (χ2n) is 4.83. The minimum Gasteiger partial charge on any atom is -0.392 e. The molecule has 0 aliphatic heterocycles. The molecule has 0 saturated carbocycles. The van der Waals surface area contributed by atoms with Crippen LogP contribution in [0.1, 0.15) is 11.3 Å². The second kappa shape index (κ2) is 6.23. The fourth-order valence-corrected chi connectivity index (χ4v) is 2.00. The van der Waals surface area contributed by atoms with Gasteiger partial charge in [-0.25, -0.2) is 4.98 Å². The van der Waals surface area contributed by atoms with Crippen LogP contribution in [0, 0.1) is 6.92 Å². The molecule has 0 atom stereocenters. The van der Waals surface area contributed by atoms with Gasteiger partial charge >= 0.3 is 0 Å². The summed E-state index contributed by atoms with van der Waals surface area (Å²) in [5.74, 6) is 1.88. The predicted octanol–water partition coefficient (Wildman–Crippen LogP) is 2.49. The van der Waals surface area contributed by atoms with E-state index in [0.717, 1.165) is 16.9 Å². The first-order valence-corrected chi connectivity index (χ1v) is 6.81. The number of aliphatic hydroxyl groups excluding tert-OH is 1. The normalized spacial score (nSPS) is 10.5. The fourth-order valence-electron chi connectivity index (χ4n) is 2.00. The van der Waals surface area contributed by atoms with Gasteiger partial charge in [-0.2, -0.15) is 5.10 Å². The summed E-state index contributed by atoms with van der Waals surface area (Å²) in [6, 6.07) is 9.37. The van der Waals surface area contributed by atoms with Crippen LogP contribution >= 0.6 is 0 Å². The van der Waals surface area contributed by atoms with Crippen molar-refractivity contribution in [1.29, 1.82) is 0 Å². The van der Waals surface area contributed by atoms with E-state index in [9.17, 15) is 0 Å². The van der Waals surface area contributed by atoms with Crippen LogP contribution in [0.4, 0.5) is 23.1 Å². The van der Waals surface area contributed by atoms with E-state index in [2.05, 4.69) is 30.8 Å². The highest BCUT2D eigenvalue weighted by atomic mass is 16.3. The van der Waals surface area contributed by atoms with Crippen molar-refractivity contribution in [1.82, 2.24) is 20.2 Å². The molecule has 0 fully saturated rings. The van der Waals surface area contributed by atoms with Gasteiger partial charge in [0, 0.05) is 17.4 Å². The fraction of sp³-hybridized carbons (Fsp3) is 0.133. The van der Waals surface area contributed by atoms with Crippen LogP contribution in [0.15, 0.2) is 42.7 Å². The molecule has 0 radical (unpaired) electrons. The van der Waals surface area contributed by atoms with Crippen LogP contribution in [0.25, 0.3) is 0 Å². The Morgan fingerprint density at radius 2 is 1.91 bits per heavy atom. The molecular formula is C15H16N6O. The number of anilines is 4. The van der Waals surface area contributed by atoms with Gasteiger partial charge in [-0.15, -0.1) is 0 Å². The number of aromatic amines is 1. The molecule has 0 bridgehead atoms. The number of rotatable bonds is 5. The highest BCUT2D eigenvalue weighted by molar-refractivity contribution is 5.59. The highest BCUT2D eigenvalue weighted by Gasteiger charge is 2.03. The Hall–Kier alpha value is -2.93. The van der Waals surface area contributed by atoms with Crippen molar-refractivity contribution in [3.05, 3.63) is 54.0 Å². The number of hydrogen-bond acceptors (Lipinski definition) is 6. The summed E-state index contributed by atoms with van der Waals surface area (Å²) in [6.45, 7) is 1.93. The van der Waals surface area contributed by atoms with E-state index in [-0.39, 0.29) is 6.61 Å². The van der Waals surface area contributed by atoms with Crippen LogP contribution in [0.2, 0.25) is 0 Å². The van der Waals surface area contributed by atoms with Crippen LogP contribution in [-0.2, 0) is 6.61 Å². The summed E-state index contributed by atoms with van der Waals surface area (Å²) in [7, 11) is 0. The lowest BCUT2D eigenvalue weighted by molar-refractivity contribution is 0.282. The average molecular weight is 296 g/mol. The lowest BCUT2D eigenvalue weighted by Crippen LogP contribution is -2.00. The molecule has 7 heteroatoms. The number of aryl methyl sites for hydroxylation is 1. The Bertz CT molecular complexity index is 770. The Morgan fingerprint density at radius 3 is 2.64 bits per heavy atom. The van der Waals surface area contributed by atoms with Gasteiger partial charge in [0.1, 0.15) is 0 Å². The van der Waals surface area contributed by atoms with E-state index >= 15 is 0 Å². The number of aromatic nitrogens is 4. The molecule has 0 spiro atoms. The van der Waals surface area contributed by atoms with Crippen molar-refractivity contribution >= 4 is 23.1 Å². The first-order chi connectivity index (χ1) is 10.7. The largest absolute Gasteiger partial charge is 0.392 e. The maximum absolute atomic E-state index is 9.16. The lowest BCUT2D eigenvalue weighted by Gasteiger charge is -2.08. The van der Waals surface area contributed by atoms with E-state index in [1.165, 1.54) is 0 Å². The SMILES string of the molecule is Cc1cc(Nc2cncc(Nc3cccc(CO)c3)n2)n[nH]1. The van der Waals surface area contributed by atoms with E-state index < -0.39 is 0 Å². The van der Waals surface area contributed by atoms with Gasteiger partial charge in [-0.05, 0) is 24.6 Å². The molecule has 2 heterocycles. The van der Waals surface area contributed by atoms with E-state index in [1.807, 2.05) is 37.3 Å². The average Bonchev–Trinajstić information content (AvgIpc) is 2.93. The Morgan fingerprint density at radius 1 is 1.09 bits per heavy atom. The van der Waals surface area contributed by atoms with Crippen molar-refractivity contribution in [2.24, 2.45) is 0 Å². The van der Waals surface area contributed by atoms with Crippen molar-refractivity contribution in [2.75, 3.05) is 10.6 Å². The van der Waals surface area contributed by atoms with Gasteiger partial charge in [0.2, 0.25) is 0 Å². The number of benzene rings is 1. The molecule has 0 aliphatic carbocycles. The topological polar surface area (TPSA) is 98.8 Å². The summed E-state index contributed by atoms with van der Waals surface area (Å²) < 4.78 is 0. The maximum atomic E-state index is 9.16. The second-order valence-corrected chi connectivity index (χ2v) is 4.83. The van der Waals surface area contributed by atoms with Crippen molar-refractivity contribution in [3.8, 4) is 0 Å². The number of nitrogens with one attached hydrogen (secondary N) is 3. The highest BCUT2D eigenvalue weighted by Crippen LogP contribution is 2.18. The molecule has 3 aromatic rings. The maximum Gasteiger partial charge on any atom is 0.153 e. The third-order valence-electron chi connectivity index (χ3n) is 2.98. The Kier molecular flexibility index (Phi) is 3.97. The molecule has 3 rings (SSSR count). The first-order valence-electron chi connectivity index (χ1n) is 6.81. The molecule has 0 amide bonds. The molecule has 0 unspecified atom stereocenters. The summed E-state index contributed by atoms with van der Waals surface area (Å²) in [6.07, 6.45) is 3.26. The summed E-state index contributed by atoms with van der Waals surface area (Å²) in [5, 5.41) is 22.3. The third kappa shape index (κ3) is 3.39. The van der Waals surface area contributed by atoms with Crippen molar-refractivity contribution in [2.45, 2.75) is 13.5 Å². The summed E-state index contributed by atoms with van der Waals surface area (Å²) in [4.78, 5) is 8.58. The Labute approximate surface area is 127 Å². The van der Waals surface area contributed by atoms with E-state index in [0.29, 0.717) is 17.5 Å². The van der Waals surface area contributed by atoms with Crippen LogP contribution in [-0.4, -0.2) is 25.3 Å². The zero-order chi connectivity index (χ0) is 15.4. The van der Waals surface area contributed by atoms with Gasteiger partial charge < -0.3 is 15.7 Å². The summed E-state index contributed by atoms with van der Waals surface area (Å²) >= 11 is 0. The third-order valence-corrected chi connectivity index (χ3v) is 2.98. The molecule has 2 aromatic heterocycles. The first kappa shape index (κ1) is 14.0. The molecule has 0 saturated heterocycles. The minimum atomic E-state index is 0.00129. The number of aliphatic hydroxyl groups is 1. The smallest absolute Gasteiger partial charge is 0.153 e. The number of hydrogen-bond donors (Lipinski definition) is 4. The van der Waals surface area contributed by atoms with Gasteiger partial charge in [-0.1, -0.05) is 12.1 Å². The molecule has 112 valence electrons. The van der Waals surface area contributed by atoms with Gasteiger partial charge in [0.15, 0.2) is 17.5 Å². The predicted molar refractivity (Wildman–Crippen MR) is 84.3 cm³/mol. The molecule has 1 aromatic carbocycles. The molecule has 22 heavy (non-hydrogen) atoms. The van der Waals surface area contributed by atoms with Crippen LogP contribution < -0.4 is 10.6 Å². The standard InChI is InChI=1S/C15H16N6O/c1-10-5-13(21-20-10)18-15-8-16-7-14(19-15)17-12-4-2-3-11(6-12)9-22/h2-8,22H,9H2,1H3,(H3,17,18,19,20,21). The molecule has 0 aliphatic rings. The molecule has 7 nitrogen and oxygen atoms in total. The zero-order valence-corrected chi connectivity index (χ0v) is 12.0. The number of nitrogens with zero attached hydrogens (tertiary/aromatic N) is 3. The van der Waals surface area contributed by atoms with E-state index in [1.54, 1.807) is 12.4 Å². The van der Waals surface area contributed by atoms with Gasteiger partial charge in [0.05, 0.1) is 19.0 Å². The summed E-state index contributed by atoms with van der Waals surface area (Å²) in [5.41, 5.74) is 2.64. The van der Waals surface area contributed by atoms with Gasteiger partial charge in [-0.3, -0.25) is 10.1 Å². The molecular weight excluding hydrogens is 280 g/mol. The lowest BCUT2D eigenvalue weighted by atomic mass is 10.2. The number of H-pyrrole nitrogens is 1. The minimum absolute atomic E-state index is 0.00129. The van der Waals surface area contributed by atoms with Gasteiger partial charge in [0.25, 0.3) is 0 Å². The monoisotopic (exact) mass is 296 g/mol. The quantitative estimate of drug-likeness (QED) is 0.577. The Balaban J connectivity index is 1.75. The van der Waals surface area contributed by atoms with Crippen molar-refractivity contribution < 1.29 is 5.11 Å². The van der Waals surface area contributed by atoms with Crippen LogP contribution in [0.3, 0.4) is 0 Å². The molecule has 4 N–H and O–H groups in total. The van der Waals surface area contributed by atoms with Crippen LogP contribution in [0.5, 0.6) is 0 Å². The zero-order valence-electron chi connectivity index (χ0n) is 12.0.